The highest BCUT2D eigenvalue weighted by atomic mass is 16.5. The summed E-state index contributed by atoms with van der Waals surface area (Å²) >= 11 is 0. The maximum absolute atomic E-state index is 9.05. The van der Waals surface area contributed by atoms with Crippen LogP contribution in [0.15, 0.2) is 0 Å². The Balaban J connectivity index is 2.41. The fraction of sp³-hybridized carbons (Fsp3) is 1.00. The summed E-state index contributed by atoms with van der Waals surface area (Å²) in [6.07, 6.45) is -1.17. The van der Waals surface area contributed by atoms with Crippen LogP contribution in [0.25, 0.3) is 0 Å². The zero-order valence-electron chi connectivity index (χ0n) is 5.03. The number of aliphatic hydroxyl groups excluding tert-OH is 2. The van der Waals surface area contributed by atoms with Gasteiger partial charge in [0.1, 0.15) is 6.10 Å². The third-order valence-corrected chi connectivity index (χ3v) is 1.50. The van der Waals surface area contributed by atoms with E-state index in [9.17, 15) is 0 Å². The van der Waals surface area contributed by atoms with Gasteiger partial charge in [-0.25, -0.2) is 0 Å². The molecule has 0 saturated carbocycles. The molecule has 3 atom stereocenters. The molecular weight excluding hydrogens is 119 g/mol. The Kier molecular flexibility index (Phi) is 2.11. The molecule has 9 heavy (non-hydrogen) atoms. The standard InChI is InChI=1S/C5H9BO3/c6-3-2-9-4(1-7)5(3)8/h3-5,7-8H,1-2H2/t3-,4+,5?/m1/s1. The van der Waals surface area contributed by atoms with Crippen LogP contribution in [0.5, 0.6) is 0 Å². The SMILES string of the molecule is [B][C@@H]1CO[C@@H](CO)C1O. The Morgan fingerprint density at radius 3 is 2.56 bits per heavy atom. The first kappa shape index (κ1) is 7.06. The number of ether oxygens (including phenoxy) is 1. The molecule has 0 aromatic rings. The smallest absolute Gasteiger partial charge is 0.106 e. The van der Waals surface area contributed by atoms with Gasteiger partial charge in [-0.2, -0.15) is 0 Å². The number of aliphatic hydroxyl groups is 2. The van der Waals surface area contributed by atoms with Gasteiger partial charge in [0.2, 0.25) is 0 Å². The van der Waals surface area contributed by atoms with Crippen LogP contribution in [0, 0.1) is 0 Å². The maximum Gasteiger partial charge on any atom is 0.106 e. The highest BCUT2D eigenvalue weighted by Crippen LogP contribution is 2.21. The molecular formula is C5H9BO3. The van der Waals surface area contributed by atoms with Crippen LogP contribution >= 0.6 is 0 Å². The molecule has 2 N–H and O–H groups in total. The monoisotopic (exact) mass is 128 g/mol. The minimum atomic E-state index is -0.699. The molecule has 1 heterocycles. The molecule has 2 radical (unpaired) electrons. The lowest BCUT2D eigenvalue weighted by atomic mass is 9.83. The van der Waals surface area contributed by atoms with Crippen LogP contribution in [-0.4, -0.2) is 43.5 Å². The van der Waals surface area contributed by atoms with Gasteiger partial charge in [0.15, 0.2) is 0 Å². The van der Waals surface area contributed by atoms with Gasteiger partial charge in [-0.05, 0) is 5.82 Å². The molecule has 1 unspecified atom stereocenters. The zero-order valence-corrected chi connectivity index (χ0v) is 5.03. The van der Waals surface area contributed by atoms with Crippen molar-refractivity contribution in [2.24, 2.45) is 0 Å². The van der Waals surface area contributed by atoms with Crippen LogP contribution in [0.3, 0.4) is 0 Å². The average molecular weight is 128 g/mol. The average Bonchev–Trinajstić information content (AvgIpc) is 2.15. The Labute approximate surface area is 55.0 Å². The van der Waals surface area contributed by atoms with Crippen molar-refractivity contribution < 1.29 is 14.9 Å². The van der Waals surface area contributed by atoms with Gasteiger partial charge in [-0.3, -0.25) is 0 Å². The van der Waals surface area contributed by atoms with Gasteiger partial charge in [0.05, 0.1) is 20.6 Å². The molecule has 1 rings (SSSR count). The van der Waals surface area contributed by atoms with Crippen LogP contribution in [-0.2, 0) is 4.74 Å². The highest BCUT2D eigenvalue weighted by molar-refractivity contribution is 6.12. The largest absolute Gasteiger partial charge is 0.394 e. The molecule has 0 amide bonds. The number of hydrogen-bond donors (Lipinski definition) is 2. The highest BCUT2D eigenvalue weighted by Gasteiger charge is 2.31. The van der Waals surface area contributed by atoms with Crippen LogP contribution in [0.1, 0.15) is 0 Å². The van der Waals surface area contributed by atoms with Crippen LogP contribution in [0.2, 0.25) is 5.82 Å². The summed E-state index contributed by atoms with van der Waals surface area (Å²) in [7, 11) is 5.36. The van der Waals surface area contributed by atoms with Gasteiger partial charge in [0, 0.05) is 6.61 Å². The van der Waals surface area contributed by atoms with Crippen molar-refractivity contribution in [1.29, 1.82) is 0 Å². The number of rotatable bonds is 1. The lowest BCUT2D eigenvalue weighted by Crippen LogP contribution is -2.26. The fourth-order valence-electron chi connectivity index (χ4n) is 0.868. The molecule has 50 valence electrons. The molecule has 0 spiro atoms. The first-order valence-electron chi connectivity index (χ1n) is 2.92. The van der Waals surface area contributed by atoms with E-state index in [1.807, 2.05) is 0 Å². The van der Waals surface area contributed by atoms with Crippen molar-refractivity contribution in [3.8, 4) is 0 Å². The minimum Gasteiger partial charge on any atom is -0.394 e. The molecule has 3 nitrogen and oxygen atoms in total. The van der Waals surface area contributed by atoms with E-state index in [2.05, 4.69) is 0 Å². The van der Waals surface area contributed by atoms with E-state index in [4.69, 9.17) is 22.8 Å². The third-order valence-electron chi connectivity index (χ3n) is 1.50. The fourth-order valence-corrected chi connectivity index (χ4v) is 0.868. The van der Waals surface area contributed by atoms with Crippen LogP contribution < -0.4 is 0 Å². The molecule has 0 aromatic carbocycles. The second kappa shape index (κ2) is 2.69. The molecule has 0 bridgehead atoms. The normalized spacial score (nSPS) is 43.6. The van der Waals surface area contributed by atoms with Crippen molar-refractivity contribution in [2.45, 2.75) is 18.0 Å². The van der Waals surface area contributed by atoms with E-state index in [-0.39, 0.29) is 12.4 Å². The molecule has 1 saturated heterocycles. The van der Waals surface area contributed by atoms with Gasteiger partial charge < -0.3 is 14.9 Å². The van der Waals surface area contributed by atoms with E-state index < -0.39 is 12.2 Å². The predicted molar refractivity (Wildman–Crippen MR) is 32.3 cm³/mol. The van der Waals surface area contributed by atoms with E-state index in [1.165, 1.54) is 0 Å². The lowest BCUT2D eigenvalue weighted by molar-refractivity contribution is 0.00410. The van der Waals surface area contributed by atoms with E-state index in [0.717, 1.165) is 0 Å². The summed E-state index contributed by atoms with van der Waals surface area (Å²) in [5, 5.41) is 17.6. The number of hydrogen-bond acceptors (Lipinski definition) is 3. The molecule has 1 aliphatic heterocycles. The molecule has 1 fully saturated rings. The van der Waals surface area contributed by atoms with E-state index in [1.54, 1.807) is 0 Å². The Bertz CT molecular complexity index is 98.2. The second-order valence-electron chi connectivity index (χ2n) is 2.21. The van der Waals surface area contributed by atoms with Gasteiger partial charge in [-0.15, -0.1) is 0 Å². The Hall–Kier alpha value is -0.0551. The topological polar surface area (TPSA) is 49.7 Å². The zero-order chi connectivity index (χ0) is 6.85. The third kappa shape index (κ3) is 1.26. The summed E-state index contributed by atoms with van der Waals surface area (Å²) in [4.78, 5) is 0. The Morgan fingerprint density at radius 1 is 1.67 bits per heavy atom. The summed E-state index contributed by atoms with van der Waals surface area (Å²) in [5.41, 5.74) is 0. The first-order valence-corrected chi connectivity index (χ1v) is 2.92. The minimum absolute atomic E-state index is 0.158. The molecule has 0 aliphatic carbocycles. The Morgan fingerprint density at radius 2 is 2.33 bits per heavy atom. The summed E-state index contributed by atoms with van der Waals surface area (Å²) in [5.74, 6) is -0.331. The van der Waals surface area contributed by atoms with Gasteiger partial charge >= 0.3 is 0 Å². The summed E-state index contributed by atoms with van der Waals surface area (Å²) < 4.78 is 4.90. The van der Waals surface area contributed by atoms with Crippen molar-refractivity contribution in [1.82, 2.24) is 0 Å². The quantitative estimate of drug-likeness (QED) is 0.431. The van der Waals surface area contributed by atoms with Crippen molar-refractivity contribution in [3.63, 3.8) is 0 Å². The lowest BCUT2D eigenvalue weighted by Gasteiger charge is -2.11. The van der Waals surface area contributed by atoms with Crippen molar-refractivity contribution in [3.05, 3.63) is 0 Å². The molecule has 1 aliphatic rings. The van der Waals surface area contributed by atoms with Crippen molar-refractivity contribution in [2.75, 3.05) is 13.2 Å². The first-order chi connectivity index (χ1) is 4.25. The van der Waals surface area contributed by atoms with Crippen LogP contribution in [0.4, 0.5) is 0 Å². The van der Waals surface area contributed by atoms with Gasteiger partial charge in [-0.1, -0.05) is 0 Å². The molecule has 4 heteroatoms. The second-order valence-corrected chi connectivity index (χ2v) is 2.21. The van der Waals surface area contributed by atoms with Crippen molar-refractivity contribution >= 4 is 7.85 Å². The van der Waals surface area contributed by atoms with E-state index in [0.29, 0.717) is 6.61 Å². The maximum atomic E-state index is 9.05. The van der Waals surface area contributed by atoms with E-state index >= 15 is 0 Å². The molecule has 0 aromatic heterocycles. The van der Waals surface area contributed by atoms with Gasteiger partial charge in [0.25, 0.3) is 0 Å². The predicted octanol–water partition coefficient (Wildman–Crippen LogP) is -1.30. The summed E-state index contributed by atoms with van der Waals surface area (Å²) in [6, 6.07) is 0. The summed E-state index contributed by atoms with van der Waals surface area (Å²) in [6.45, 7) is 0.182.